The van der Waals surface area contributed by atoms with Crippen molar-refractivity contribution in [1.29, 1.82) is 0 Å². The number of aryl methyl sites for hydroxylation is 1. The SMILES string of the molecule is COc1cc(F)cc(Cl)c1-c1ccc(C)c2ncccc12.O=C(O)CNC(=O)c1c(Cl)cccc1Cl. The normalized spacial score (nSPS) is 10.4. The first-order valence-electron chi connectivity index (χ1n) is 10.5. The summed E-state index contributed by atoms with van der Waals surface area (Å²) in [7, 11) is 1.50. The lowest BCUT2D eigenvalue weighted by atomic mass is 9.97. The molecule has 2 N–H and O–H groups in total. The summed E-state index contributed by atoms with van der Waals surface area (Å²) in [4.78, 5) is 26.1. The summed E-state index contributed by atoms with van der Waals surface area (Å²) in [5.41, 5.74) is 3.62. The standard InChI is InChI=1S/C17H13ClFNO.C9H7Cl2NO3/c1-10-5-6-12(13-4-3-7-20-17(10)13)16-14(18)8-11(19)9-15(16)21-2;10-5-2-1-3-6(11)8(5)9(15)12-4-7(13)14/h3-9H,1-2H3;1-3H,4H2,(H,12,15)(H,13,14). The summed E-state index contributed by atoms with van der Waals surface area (Å²) in [6.07, 6.45) is 1.75. The van der Waals surface area contributed by atoms with Crippen molar-refractivity contribution in [2.24, 2.45) is 0 Å². The minimum atomic E-state index is -1.13. The van der Waals surface area contributed by atoms with Crippen LogP contribution >= 0.6 is 34.8 Å². The minimum absolute atomic E-state index is 0.0853. The number of benzene rings is 3. The number of rotatable bonds is 5. The first kappa shape index (κ1) is 27.2. The second-order valence-electron chi connectivity index (χ2n) is 7.47. The van der Waals surface area contributed by atoms with Crippen LogP contribution in [0.4, 0.5) is 4.39 Å². The fourth-order valence-corrected chi connectivity index (χ4v) is 4.33. The number of methoxy groups -OCH3 is 1. The zero-order valence-electron chi connectivity index (χ0n) is 19.1. The Morgan fingerprint density at radius 3 is 2.36 bits per heavy atom. The zero-order valence-corrected chi connectivity index (χ0v) is 21.4. The van der Waals surface area contributed by atoms with E-state index in [1.54, 1.807) is 12.3 Å². The largest absolute Gasteiger partial charge is 0.496 e. The highest BCUT2D eigenvalue weighted by molar-refractivity contribution is 6.39. The fourth-order valence-electron chi connectivity index (χ4n) is 3.46. The third-order valence-corrected chi connectivity index (χ3v) is 6.00. The molecule has 0 aliphatic heterocycles. The van der Waals surface area contributed by atoms with Crippen LogP contribution in [0, 0.1) is 12.7 Å². The third-order valence-electron chi connectivity index (χ3n) is 5.07. The number of carboxylic acid groups (broad SMARTS) is 1. The third kappa shape index (κ3) is 6.23. The second-order valence-corrected chi connectivity index (χ2v) is 8.69. The number of fused-ring (bicyclic) bond motifs is 1. The van der Waals surface area contributed by atoms with E-state index in [1.807, 2.05) is 31.2 Å². The maximum Gasteiger partial charge on any atom is 0.322 e. The number of carbonyl (C=O) groups is 2. The summed E-state index contributed by atoms with van der Waals surface area (Å²) >= 11 is 17.7. The summed E-state index contributed by atoms with van der Waals surface area (Å²) in [6.45, 7) is 1.53. The maximum absolute atomic E-state index is 13.5. The van der Waals surface area contributed by atoms with Crippen molar-refractivity contribution in [2.75, 3.05) is 13.7 Å². The van der Waals surface area contributed by atoms with E-state index in [4.69, 9.17) is 44.6 Å². The molecule has 0 fully saturated rings. The molecule has 4 rings (SSSR count). The van der Waals surface area contributed by atoms with Crippen molar-refractivity contribution in [2.45, 2.75) is 6.92 Å². The van der Waals surface area contributed by atoms with E-state index >= 15 is 0 Å². The lowest BCUT2D eigenvalue weighted by Crippen LogP contribution is -2.29. The van der Waals surface area contributed by atoms with Crippen LogP contribution in [0.5, 0.6) is 5.75 Å². The van der Waals surface area contributed by atoms with Crippen LogP contribution in [0.3, 0.4) is 0 Å². The highest BCUT2D eigenvalue weighted by Gasteiger charge is 2.16. The summed E-state index contributed by atoms with van der Waals surface area (Å²) in [5.74, 6) is -1.75. The Hall–Kier alpha value is -3.39. The molecular weight excluding hydrogens is 530 g/mol. The van der Waals surface area contributed by atoms with Crippen molar-refractivity contribution < 1.29 is 23.8 Å². The Morgan fingerprint density at radius 1 is 1.03 bits per heavy atom. The van der Waals surface area contributed by atoms with E-state index in [0.29, 0.717) is 16.3 Å². The molecule has 1 heterocycles. The van der Waals surface area contributed by atoms with Crippen LogP contribution in [0.2, 0.25) is 15.1 Å². The number of aliphatic carboxylic acids is 1. The Labute approximate surface area is 221 Å². The predicted molar refractivity (Wildman–Crippen MR) is 140 cm³/mol. The van der Waals surface area contributed by atoms with Gasteiger partial charge in [-0.2, -0.15) is 0 Å². The molecule has 0 bridgehead atoms. The van der Waals surface area contributed by atoms with Gasteiger partial charge in [-0.1, -0.05) is 59.1 Å². The molecule has 1 amide bonds. The predicted octanol–water partition coefficient (Wildman–Crippen LogP) is 6.82. The highest BCUT2D eigenvalue weighted by atomic mass is 35.5. The molecule has 0 saturated heterocycles. The number of nitrogens with zero attached hydrogens (tertiary/aromatic N) is 1. The molecule has 0 saturated carbocycles. The Balaban J connectivity index is 0.000000214. The van der Waals surface area contributed by atoms with Crippen molar-refractivity contribution in [3.8, 4) is 16.9 Å². The number of aromatic nitrogens is 1. The number of hydrogen-bond acceptors (Lipinski definition) is 4. The minimum Gasteiger partial charge on any atom is -0.496 e. The molecule has 10 heteroatoms. The molecule has 6 nitrogen and oxygen atoms in total. The van der Waals surface area contributed by atoms with Gasteiger partial charge in [-0.15, -0.1) is 0 Å². The number of halogens is 4. The topological polar surface area (TPSA) is 88.5 Å². The molecule has 4 aromatic rings. The number of ether oxygens (including phenoxy) is 1. The molecule has 3 aromatic carbocycles. The molecule has 0 spiro atoms. The summed E-state index contributed by atoms with van der Waals surface area (Å²) in [5, 5.41) is 12.2. The van der Waals surface area contributed by atoms with Gasteiger partial charge in [-0.05, 0) is 42.3 Å². The van der Waals surface area contributed by atoms with Crippen LogP contribution < -0.4 is 10.1 Å². The number of carboxylic acids is 1. The number of pyridine rings is 1. The molecular formula is C26H20Cl3FN2O4. The van der Waals surface area contributed by atoms with E-state index in [0.717, 1.165) is 22.0 Å². The van der Waals surface area contributed by atoms with Gasteiger partial charge in [0.1, 0.15) is 18.1 Å². The molecule has 0 unspecified atom stereocenters. The van der Waals surface area contributed by atoms with Crippen molar-refractivity contribution in [3.05, 3.63) is 92.8 Å². The van der Waals surface area contributed by atoms with E-state index in [2.05, 4.69) is 10.3 Å². The molecule has 1 aromatic heterocycles. The maximum atomic E-state index is 13.5. The van der Waals surface area contributed by atoms with Crippen LogP contribution in [-0.4, -0.2) is 35.6 Å². The van der Waals surface area contributed by atoms with Gasteiger partial charge >= 0.3 is 5.97 Å². The van der Waals surface area contributed by atoms with E-state index < -0.39 is 24.2 Å². The van der Waals surface area contributed by atoms with Gasteiger partial charge in [-0.25, -0.2) is 4.39 Å². The molecule has 0 aliphatic carbocycles. The van der Waals surface area contributed by atoms with Gasteiger partial charge in [-0.3, -0.25) is 14.6 Å². The average molecular weight is 550 g/mol. The highest BCUT2D eigenvalue weighted by Crippen LogP contribution is 2.40. The molecule has 36 heavy (non-hydrogen) atoms. The van der Waals surface area contributed by atoms with Gasteiger partial charge in [0.2, 0.25) is 0 Å². The molecule has 0 radical (unpaired) electrons. The van der Waals surface area contributed by atoms with Gasteiger partial charge in [0, 0.05) is 23.2 Å². The lowest BCUT2D eigenvalue weighted by Gasteiger charge is -2.14. The van der Waals surface area contributed by atoms with Crippen LogP contribution in [0.25, 0.3) is 22.0 Å². The first-order chi connectivity index (χ1) is 17.1. The van der Waals surface area contributed by atoms with E-state index in [-0.39, 0.29) is 15.6 Å². The average Bonchev–Trinajstić information content (AvgIpc) is 2.83. The number of carbonyl (C=O) groups excluding carboxylic acids is 1. The van der Waals surface area contributed by atoms with Crippen LogP contribution in [-0.2, 0) is 4.79 Å². The van der Waals surface area contributed by atoms with Gasteiger partial charge in [0.15, 0.2) is 0 Å². The Morgan fingerprint density at radius 2 is 1.72 bits per heavy atom. The van der Waals surface area contributed by atoms with Gasteiger partial charge < -0.3 is 15.2 Å². The molecule has 0 atom stereocenters. The summed E-state index contributed by atoms with van der Waals surface area (Å²) in [6, 6.07) is 15.0. The van der Waals surface area contributed by atoms with Crippen LogP contribution in [0.15, 0.2) is 60.8 Å². The van der Waals surface area contributed by atoms with Crippen LogP contribution in [0.1, 0.15) is 15.9 Å². The second kappa shape index (κ2) is 12.0. The zero-order chi connectivity index (χ0) is 26.4. The Bertz CT molecular complexity index is 1430. The van der Waals surface area contributed by atoms with E-state index in [9.17, 15) is 14.0 Å². The number of hydrogen-bond donors (Lipinski definition) is 2. The number of nitrogens with one attached hydrogen (secondary N) is 1. The van der Waals surface area contributed by atoms with Crippen molar-refractivity contribution in [3.63, 3.8) is 0 Å². The monoisotopic (exact) mass is 548 g/mol. The van der Waals surface area contributed by atoms with Gasteiger partial charge in [0.05, 0.1) is 33.3 Å². The van der Waals surface area contributed by atoms with Crippen molar-refractivity contribution in [1.82, 2.24) is 10.3 Å². The van der Waals surface area contributed by atoms with Gasteiger partial charge in [0.25, 0.3) is 5.91 Å². The smallest absolute Gasteiger partial charge is 0.322 e. The first-order valence-corrected chi connectivity index (χ1v) is 11.6. The fraction of sp³-hybridized carbons (Fsp3) is 0.115. The lowest BCUT2D eigenvalue weighted by molar-refractivity contribution is -0.135. The summed E-state index contributed by atoms with van der Waals surface area (Å²) < 4.78 is 18.8. The number of amides is 1. The Kier molecular flexibility index (Phi) is 9.09. The van der Waals surface area contributed by atoms with E-state index in [1.165, 1.54) is 31.4 Å². The quantitative estimate of drug-likeness (QED) is 0.285. The molecule has 0 aliphatic rings. The van der Waals surface area contributed by atoms with Crippen molar-refractivity contribution >= 4 is 57.6 Å². The molecule has 186 valence electrons.